The Hall–Kier alpha value is -4.41. The average molecular weight is 562 g/mol. The molecule has 5 N–H and O–H groups in total. The predicted molar refractivity (Wildman–Crippen MR) is 119 cm³/mol. The molecular formula is C21H18F4N4O8S. The highest BCUT2D eigenvalue weighted by atomic mass is 32.1. The molecule has 1 aromatic carbocycles. The number of carbonyl (C=O) groups excluding carboxylic acids is 4. The van der Waals surface area contributed by atoms with Crippen LogP contribution in [-0.4, -0.2) is 57.9 Å². The van der Waals surface area contributed by atoms with Gasteiger partial charge in [0.25, 0.3) is 0 Å². The number of esters is 3. The maximum atomic E-state index is 14.1. The fraction of sp³-hybridized carbons (Fsp3) is 0.286. The van der Waals surface area contributed by atoms with Crippen LogP contribution >= 0.6 is 11.3 Å². The minimum absolute atomic E-state index is 0.0669. The number of aromatic nitrogens is 1. The predicted octanol–water partition coefficient (Wildman–Crippen LogP) is 1.87. The van der Waals surface area contributed by atoms with E-state index in [4.69, 9.17) is 21.0 Å². The Bertz CT molecular complexity index is 1280. The summed E-state index contributed by atoms with van der Waals surface area (Å²) in [6, 6.07) is 1.29. The Kier molecular flexibility index (Phi) is 9.59. The number of nitrogens with two attached hydrogens (primary N) is 1. The highest BCUT2D eigenvalue weighted by Crippen LogP contribution is 2.26. The van der Waals surface area contributed by atoms with Crippen LogP contribution in [0, 0.1) is 11.2 Å². The molecule has 0 fully saturated rings. The smallest absolute Gasteiger partial charge is 0.480 e. The van der Waals surface area contributed by atoms with Crippen LogP contribution in [0.25, 0.3) is 0 Å². The summed E-state index contributed by atoms with van der Waals surface area (Å²) in [6.45, 7) is 1.49. The molecule has 0 saturated heterocycles. The molecule has 0 spiro atoms. The number of carboxylic acids is 1. The number of benzene rings is 1. The summed E-state index contributed by atoms with van der Waals surface area (Å²) in [6.07, 6.45) is -6.04. The van der Waals surface area contributed by atoms with Crippen molar-refractivity contribution in [3.8, 4) is 5.75 Å². The molecule has 38 heavy (non-hydrogen) atoms. The third-order valence-electron chi connectivity index (χ3n) is 4.53. The average Bonchev–Trinajstić information content (AvgIpc) is 3.29. The van der Waals surface area contributed by atoms with Crippen molar-refractivity contribution in [2.45, 2.75) is 37.9 Å². The SMILES string of the molecule is CC(CC(=O)N[C@@H](CC(=O)OC(=O)C(F)(F)F)C(=O)O)c1ncc(C(=O)Oc2ccc(C(=N)N)cc2F)s1. The number of aliphatic carboxylic acids is 1. The molecule has 12 nitrogen and oxygen atoms in total. The number of nitrogens with zero attached hydrogens (tertiary/aromatic N) is 1. The second kappa shape index (κ2) is 12.2. The van der Waals surface area contributed by atoms with Crippen LogP contribution in [0.3, 0.4) is 0 Å². The third kappa shape index (κ3) is 8.32. The van der Waals surface area contributed by atoms with Gasteiger partial charge in [-0.25, -0.2) is 23.8 Å². The number of thiazole rings is 1. The van der Waals surface area contributed by atoms with Crippen LogP contribution in [0.15, 0.2) is 24.4 Å². The third-order valence-corrected chi connectivity index (χ3v) is 5.73. The molecule has 17 heteroatoms. The monoisotopic (exact) mass is 562 g/mol. The van der Waals surface area contributed by atoms with Crippen molar-refractivity contribution in [1.29, 1.82) is 5.41 Å². The summed E-state index contributed by atoms with van der Waals surface area (Å²) in [5, 5.41) is 18.6. The molecule has 0 aliphatic rings. The molecule has 1 unspecified atom stereocenters. The first-order valence-corrected chi connectivity index (χ1v) is 11.1. The summed E-state index contributed by atoms with van der Waals surface area (Å²) < 4.78 is 59.1. The Labute approximate surface area is 214 Å². The quantitative estimate of drug-likeness (QED) is 0.0828. The Morgan fingerprint density at radius 3 is 2.42 bits per heavy atom. The van der Waals surface area contributed by atoms with Gasteiger partial charge in [-0.15, -0.1) is 11.3 Å². The zero-order valence-corrected chi connectivity index (χ0v) is 19.9. The lowest BCUT2D eigenvalue weighted by molar-refractivity contribution is -0.202. The van der Waals surface area contributed by atoms with Crippen molar-refractivity contribution in [1.82, 2.24) is 10.3 Å². The van der Waals surface area contributed by atoms with E-state index < -0.39 is 78.2 Å². The van der Waals surface area contributed by atoms with E-state index in [1.54, 1.807) is 0 Å². The van der Waals surface area contributed by atoms with Crippen molar-refractivity contribution in [2.24, 2.45) is 5.73 Å². The fourth-order valence-electron chi connectivity index (χ4n) is 2.70. The van der Waals surface area contributed by atoms with Gasteiger partial charge in [0.15, 0.2) is 11.6 Å². The largest absolute Gasteiger partial charge is 0.491 e. The number of rotatable bonds is 10. The van der Waals surface area contributed by atoms with Crippen LogP contribution < -0.4 is 15.8 Å². The van der Waals surface area contributed by atoms with E-state index in [0.717, 1.165) is 29.7 Å². The first-order valence-electron chi connectivity index (χ1n) is 10.2. The molecule has 1 aromatic heterocycles. The van der Waals surface area contributed by atoms with Gasteiger partial charge in [0, 0.05) is 17.9 Å². The molecule has 0 saturated carbocycles. The zero-order valence-electron chi connectivity index (χ0n) is 19.1. The fourth-order valence-corrected chi connectivity index (χ4v) is 3.55. The maximum Gasteiger partial charge on any atom is 0.491 e. The number of nitrogen functional groups attached to an aromatic ring is 1. The topological polar surface area (TPSA) is 199 Å². The lowest BCUT2D eigenvalue weighted by Crippen LogP contribution is -2.43. The molecule has 1 heterocycles. The number of nitrogens with one attached hydrogen (secondary N) is 2. The van der Waals surface area contributed by atoms with Gasteiger partial charge in [0.2, 0.25) is 5.91 Å². The maximum absolute atomic E-state index is 14.1. The van der Waals surface area contributed by atoms with Crippen LogP contribution in [0.2, 0.25) is 0 Å². The molecule has 0 aliphatic heterocycles. The molecular weight excluding hydrogens is 544 g/mol. The molecule has 2 atom stereocenters. The van der Waals surface area contributed by atoms with Crippen LogP contribution in [0.5, 0.6) is 5.75 Å². The first-order chi connectivity index (χ1) is 17.6. The van der Waals surface area contributed by atoms with E-state index in [1.807, 2.05) is 5.32 Å². The highest BCUT2D eigenvalue weighted by molar-refractivity contribution is 7.13. The number of ether oxygens (including phenoxy) is 2. The van der Waals surface area contributed by atoms with Crippen LogP contribution in [0.1, 0.15) is 45.9 Å². The highest BCUT2D eigenvalue weighted by Gasteiger charge is 2.43. The van der Waals surface area contributed by atoms with Gasteiger partial charge in [-0.2, -0.15) is 13.2 Å². The van der Waals surface area contributed by atoms with Crippen molar-refractivity contribution in [3.05, 3.63) is 45.7 Å². The van der Waals surface area contributed by atoms with Gasteiger partial charge in [0.05, 0.1) is 17.6 Å². The number of hydrogen-bond acceptors (Lipinski definition) is 10. The van der Waals surface area contributed by atoms with E-state index in [2.05, 4.69) is 9.72 Å². The van der Waals surface area contributed by atoms with Gasteiger partial charge in [0.1, 0.15) is 16.8 Å². The number of amides is 1. The first kappa shape index (κ1) is 29.8. The van der Waals surface area contributed by atoms with E-state index in [-0.39, 0.29) is 15.4 Å². The van der Waals surface area contributed by atoms with E-state index in [0.29, 0.717) is 0 Å². The van der Waals surface area contributed by atoms with Crippen molar-refractivity contribution in [3.63, 3.8) is 0 Å². The summed E-state index contributed by atoms with van der Waals surface area (Å²) in [5.74, 6) is -10.8. The zero-order chi connectivity index (χ0) is 28.8. The molecule has 204 valence electrons. The molecule has 0 radical (unpaired) electrons. The number of amidine groups is 1. The molecule has 2 rings (SSSR count). The second-order valence-corrected chi connectivity index (χ2v) is 8.60. The van der Waals surface area contributed by atoms with E-state index >= 15 is 0 Å². The normalized spacial score (nSPS) is 12.7. The lowest BCUT2D eigenvalue weighted by atomic mass is 10.1. The Balaban J connectivity index is 1.97. The van der Waals surface area contributed by atoms with Gasteiger partial charge >= 0.3 is 30.1 Å². The number of carbonyl (C=O) groups is 5. The molecule has 2 aromatic rings. The molecule has 0 aliphatic carbocycles. The summed E-state index contributed by atoms with van der Waals surface area (Å²) >= 11 is 0.792. The number of hydrogen-bond donors (Lipinski definition) is 4. The minimum Gasteiger partial charge on any atom is -0.480 e. The van der Waals surface area contributed by atoms with Gasteiger partial charge in [-0.3, -0.25) is 15.0 Å². The van der Waals surface area contributed by atoms with Crippen LogP contribution in [-0.2, 0) is 23.9 Å². The number of halogens is 4. The Morgan fingerprint density at radius 2 is 1.87 bits per heavy atom. The summed E-state index contributed by atoms with van der Waals surface area (Å²) in [5.41, 5.74) is 5.33. The minimum atomic E-state index is -5.47. The number of carboxylic acid groups (broad SMARTS) is 1. The Morgan fingerprint density at radius 1 is 1.21 bits per heavy atom. The molecule has 0 bridgehead atoms. The summed E-state index contributed by atoms with van der Waals surface area (Å²) in [4.78, 5) is 61.9. The van der Waals surface area contributed by atoms with Crippen molar-refractivity contribution in [2.75, 3.05) is 0 Å². The van der Waals surface area contributed by atoms with Gasteiger partial charge in [-0.1, -0.05) is 6.92 Å². The van der Waals surface area contributed by atoms with Gasteiger partial charge < -0.3 is 25.6 Å². The summed E-state index contributed by atoms with van der Waals surface area (Å²) in [7, 11) is 0. The van der Waals surface area contributed by atoms with Crippen LogP contribution in [0.4, 0.5) is 17.6 Å². The number of alkyl halides is 3. The van der Waals surface area contributed by atoms with E-state index in [9.17, 15) is 41.5 Å². The second-order valence-electron chi connectivity index (χ2n) is 7.54. The van der Waals surface area contributed by atoms with Crippen molar-refractivity contribution < 1.29 is 56.1 Å². The van der Waals surface area contributed by atoms with Crippen molar-refractivity contribution >= 4 is 47.0 Å². The standard InChI is InChI=1S/C21H18F4N4O8S/c1-8(4-14(30)29-11(18(32)33)6-15(31)37-20(35)21(23,24)25)17-28-7-13(38-17)19(34)36-12-3-2-9(16(26)27)5-10(12)22/h2-3,5,7-8,11H,4,6H2,1H3,(H3,26,27)(H,29,30)(H,32,33)/t8?,11-/m0/s1. The van der Waals surface area contributed by atoms with Gasteiger partial charge in [-0.05, 0) is 18.2 Å². The lowest BCUT2D eigenvalue weighted by Gasteiger charge is -2.15. The van der Waals surface area contributed by atoms with E-state index in [1.165, 1.54) is 13.0 Å². The molecule has 1 amide bonds.